The third-order valence-corrected chi connectivity index (χ3v) is 3.85. The van der Waals surface area contributed by atoms with Gasteiger partial charge >= 0.3 is 6.01 Å². The summed E-state index contributed by atoms with van der Waals surface area (Å²) >= 11 is 0. The molecule has 3 rings (SSSR count). The highest BCUT2D eigenvalue weighted by molar-refractivity contribution is 5.80. The predicted octanol–water partition coefficient (Wildman–Crippen LogP) is 1.47. The first-order valence-electron chi connectivity index (χ1n) is 7.37. The maximum Gasteiger partial charge on any atom is 0.316 e. The fourth-order valence-corrected chi connectivity index (χ4v) is 2.57. The number of halogens is 1. The topological polar surface area (TPSA) is 90.1 Å². The molecule has 1 amide bonds. The standard InChI is InChI=1S/C16H17FN4O2/c17-12-4-2-1-3-10(12)9-23-16-19-7-11(8-20-16)13-5-6-14(21-13)15(18)22/h1-4,7-8,13-14,21H,5-6,9H2,(H2,18,22)/t13-,14+/m1/s1. The molecule has 0 aliphatic carbocycles. The van der Waals surface area contributed by atoms with E-state index in [2.05, 4.69) is 15.3 Å². The minimum Gasteiger partial charge on any atom is -0.458 e. The molecule has 1 aliphatic heterocycles. The molecule has 6 nitrogen and oxygen atoms in total. The summed E-state index contributed by atoms with van der Waals surface area (Å²) in [5.74, 6) is -0.671. The van der Waals surface area contributed by atoms with Crippen LogP contribution in [0.1, 0.15) is 30.0 Å². The average molecular weight is 316 g/mol. The van der Waals surface area contributed by atoms with Crippen molar-refractivity contribution in [2.75, 3.05) is 0 Å². The van der Waals surface area contributed by atoms with Crippen LogP contribution in [0.2, 0.25) is 0 Å². The van der Waals surface area contributed by atoms with Crippen LogP contribution in [0.15, 0.2) is 36.7 Å². The molecule has 2 atom stereocenters. The molecule has 0 unspecified atom stereocenters. The Bertz CT molecular complexity index is 693. The molecule has 1 aromatic heterocycles. The number of nitrogens with zero attached hydrogens (tertiary/aromatic N) is 2. The molecule has 1 aliphatic rings. The number of amides is 1. The zero-order valence-electron chi connectivity index (χ0n) is 12.4. The third kappa shape index (κ3) is 3.62. The van der Waals surface area contributed by atoms with Gasteiger partial charge in [0.05, 0.1) is 6.04 Å². The van der Waals surface area contributed by atoms with Crippen molar-refractivity contribution in [1.82, 2.24) is 15.3 Å². The zero-order valence-corrected chi connectivity index (χ0v) is 12.4. The molecule has 3 N–H and O–H groups in total. The van der Waals surface area contributed by atoms with Gasteiger partial charge < -0.3 is 10.5 Å². The number of hydrogen-bond acceptors (Lipinski definition) is 5. The van der Waals surface area contributed by atoms with Gasteiger partial charge in [0.25, 0.3) is 0 Å². The Morgan fingerprint density at radius 2 is 2.04 bits per heavy atom. The number of carbonyl (C=O) groups excluding carboxylic acids is 1. The molecule has 0 radical (unpaired) electrons. The molecule has 1 aromatic carbocycles. The Hall–Kier alpha value is -2.54. The minimum atomic E-state index is -0.349. The van der Waals surface area contributed by atoms with E-state index in [1.54, 1.807) is 30.6 Å². The van der Waals surface area contributed by atoms with Gasteiger partial charge in [-0.2, -0.15) is 0 Å². The molecule has 2 heterocycles. The van der Waals surface area contributed by atoms with Gasteiger partial charge in [-0.25, -0.2) is 14.4 Å². The molecule has 7 heteroatoms. The van der Waals surface area contributed by atoms with E-state index in [1.165, 1.54) is 6.07 Å². The first kappa shape index (κ1) is 15.4. The summed E-state index contributed by atoms with van der Waals surface area (Å²) in [6.07, 6.45) is 4.79. The second-order valence-electron chi connectivity index (χ2n) is 5.43. The first-order chi connectivity index (χ1) is 11.1. The fraction of sp³-hybridized carbons (Fsp3) is 0.312. The number of benzene rings is 1. The monoisotopic (exact) mass is 316 g/mol. The van der Waals surface area contributed by atoms with Crippen molar-refractivity contribution in [3.05, 3.63) is 53.6 Å². The number of primary amides is 1. The van der Waals surface area contributed by atoms with E-state index in [-0.39, 0.29) is 36.4 Å². The van der Waals surface area contributed by atoms with E-state index < -0.39 is 0 Å². The van der Waals surface area contributed by atoms with Gasteiger partial charge in [-0.15, -0.1) is 0 Å². The largest absolute Gasteiger partial charge is 0.458 e. The number of nitrogens with one attached hydrogen (secondary N) is 1. The van der Waals surface area contributed by atoms with Crippen LogP contribution in [0.5, 0.6) is 6.01 Å². The van der Waals surface area contributed by atoms with E-state index in [9.17, 15) is 9.18 Å². The maximum absolute atomic E-state index is 13.5. The van der Waals surface area contributed by atoms with Crippen LogP contribution < -0.4 is 15.8 Å². The summed E-state index contributed by atoms with van der Waals surface area (Å²) in [5.41, 5.74) is 6.60. The molecule has 120 valence electrons. The Balaban J connectivity index is 1.59. The van der Waals surface area contributed by atoms with Gasteiger partial charge in [0, 0.05) is 29.6 Å². The lowest BCUT2D eigenvalue weighted by molar-refractivity contribution is -0.119. The number of aromatic nitrogens is 2. The van der Waals surface area contributed by atoms with Gasteiger partial charge in [-0.1, -0.05) is 18.2 Å². The third-order valence-electron chi connectivity index (χ3n) is 3.85. The predicted molar refractivity (Wildman–Crippen MR) is 80.9 cm³/mol. The lowest BCUT2D eigenvalue weighted by atomic mass is 10.1. The number of nitrogens with two attached hydrogens (primary N) is 1. The van der Waals surface area contributed by atoms with Crippen molar-refractivity contribution in [3.63, 3.8) is 0 Å². The van der Waals surface area contributed by atoms with Crippen LogP contribution in [0.25, 0.3) is 0 Å². The van der Waals surface area contributed by atoms with Gasteiger partial charge in [-0.3, -0.25) is 10.1 Å². The van der Waals surface area contributed by atoms with Crippen LogP contribution in [-0.4, -0.2) is 21.9 Å². The van der Waals surface area contributed by atoms with E-state index in [0.29, 0.717) is 12.0 Å². The number of rotatable bonds is 5. The van der Waals surface area contributed by atoms with Gasteiger partial charge in [0.15, 0.2) is 0 Å². The molecule has 0 spiro atoms. The fourth-order valence-electron chi connectivity index (χ4n) is 2.57. The summed E-state index contributed by atoms with van der Waals surface area (Å²) in [5, 5.41) is 3.15. The van der Waals surface area contributed by atoms with Crippen LogP contribution >= 0.6 is 0 Å². The molecule has 1 fully saturated rings. The highest BCUT2D eigenvalue weighted by atomic mass is 19.1. The van der Waals surface area contributed by atoms with Crippen LogP contribution in [-0.2, 0) is 11.4 Å². The summed E-state index contributed by atoms with van der Waals surface area (Å²) < 4.78 is 18.9. The summed E-state index contributed by atoms with van der Waals surface area (Å²) in [6.45, 7) is 0.0669. The van der Waals surface area contributed by atoms with Crippen molar-refractivity contribution in [2.24, 2.45) is 5.73 Å². The molecular formula is C16H17FN4O2. The number of ether oxygens (including phenoxy) is 1. The second-order valence-corrected chi connectivity index (χ2v) is 5.43. The Morgan fingerprint density at radius 1 is 1.30 bits per heavy atom. The average Bonchev–Trinajstić information content (AvgIpc) is 3.05. The molecule has 0 saturated carbocycles. The lowest BCUT2D eigenvalue weighted by Gasteiger charge is -2.12. The lowest BCUT2D eigenvalue weighted by Crippen LogP contribution is -2.37. The van der Waals surface area contributed by atoms with E-state index in [0.717, 1.165) is 12.0 Å². The Morgan fingerprint density at radius 3 is 2.70 bits per heavy atom. The maximum atomic E-state index is 13.5. The molecule has 23 heavy (non-hydrogen) atoms. The van der Waals surface area contributed by atoms with Crippen molar-refractivity contribution >= 4 is 5.91 Å². The summed E-state index contributed by atoms with van der Waals surface area (Å²) in [4.78, 5) is 19.4. The number of carbonyl (C=O) groups is 1. The van der Waals surface area contributed by atoms with Gasteiger partial charge in [0.1, 0.15) is 12.4 Å². The quantitative estimate of drug-likeness (QED) is 0.872. The second kappa shape index (κ2) is 6.70. The normalized spacial score (nSPS) is 20.4. The van der Waals surface area contributed by atoms with Crippen LogP contribution in [0.3, 0.4) is 0 Å². The van der Waals surface area contributed by atoms with Gasteiger partial charge in [-0.05, 0) is 18.9 Å². The summed E-state index contributed by atoms with van der Waals surface area (Å²) in [7, 11) is 0. The van der Waals surface area contributed by atoms with Crippen molar-refractivity contribution < 1.29 is 13.9 Å². The molecule has 1 saturated heterocycles. The molecular weight excluding hydrogens is 299 g/mol. The highest BCUT2D eigenvalue weighted by Crippen LogP contribution is 2.26. The Kier molecular flexibility index (Phi) is 4.47. The van der Waals surface area contributed by atoms with Crippen molar-refractivity contribution in [3.8, 4) is 6.01 Å². The molecule has 2 aromatic rings. The Labute approximate surface area is 132 Å². The van der Waals surface area contributed by atoms with E-state index in [1.807, 2.05) is 0 Å². The van der Waals surface area contributed by atoms with Crippen molar-refractivity contribution in [2.45, 2.75) is 31.5 Å². The van der Waals surface area contributed by atoms with E-state index in [4.69, 9.17) is 10.5 Å². The smallest absolute Gasteiger partial charge is 0.316 e. The number of hydrogen-bond donors (Lipinski definition) is 2. The first-order valence-corrected chi connectivity index (χ1v) is 7.37. The van der Waals surface area contributed by atoms with Gasteiger partial charge in [0.2, 0.25) is 5.91 Å². The van der Waals surface area contributed by atoms with E-state index >= 15 is 0 Å². The van der Waals surface area contributed by atoms with Crippen LogP contribution in [0.4, 0.5) is 4.39 Å². The van der Waals surface area contributed by atoms with Crippen molar-refractivity contribution in [1.29, 1.82) is 0 Å². The highest BCUT2D eigenvalue weighted by Gasteiger charge is 2.28. The van der Waals surface area contributed by atoms with Crippen LogP contribution in [0, 0.1) is 5.82 Å². The zero-order chi connectivity index (χ0) is 16.2. The summed E-state index contributed by atoms with van der Waals surface area (Å²) in [6, 6.07) is 6.27. The molecule has 0 bridgehead atoms. The SMILES string of the molecule is NC(=O)[C@@H]1CC[C@H](c2cnc(OCc3ccccc3F)nc2)N1. The minimum absolute atomic E-state index is 0.00752.